The summed E-state index contributed by atoms with van der Waals surface area (Å²) in [6.45, 7) is 3.10. The van der Waals surface area contributed by atoms with Crippen molar-refractivity contribution in [2.45, 2.75) is 29.9 Å². The number of nitrogens with zero attached hydrogens (tertiary/aromatic N) is 1. The van der Waals surface area contributed by atoms with E-state index in [0.717, 1.165) is 16.3 Å². The van der Waals surface area contributed by atoms with Crippen LogP contribution in [-0.2, 0) is 35.4 Å². The molecule has 1 aliphatic heterocycles. The molecule has 1 aliphatic carbocycles. The minimum atomic E-state index is -3.91. The number of aliphatic hydroxyl groups excluding tert-OH is 1. The van der Waals surface area contributed by atoms with Gasteiger partial charge in [-0.3, -0.25) is 0 Å². The first-order chi connectivity index (χ1) is 20.8. The summed E-state index contributed by atoms with van der Waals surface area (Å²) in [6.07, 6.45) is 3.65. The highest BCUT2D eigenvalue weighted by molar-refractivity contribution is 7.89. The molecule has 0 aromatic heterocycles. The predicted molar refractivity (Wildman–Crippen MR) is 161 cm³/mol. The normalized spacial score (nSPS) is 17.4. The van der Waals surface area contributed by atoms with E-state index in [1.807, 2.05) is 12.1 Å². The number of esters is 1. The molecule has 0 bridgehead atoms. The van der Waals surface area contributed by atoms with Gasteiger partial charge in [-0.05, 0) is 64.6 Å². The molecule has 0 unspecified atom stereocenters. The second kappa shape index (κ2) is 13.6. The van der Waals surface area contributed by atoms with Gasteiger partial charge in [0.05, 0.1) is 25.2 Å². The largest absolute Gasteiger partial charge is 0.497 e. The molecule has 1 heterocycles. The van der Waals surface area contributed by atoms with Gasteiger partial charge in [0.2, 0.25) is 22.1 Å². The summed E-state index contributed by atoms with van der Waals surface area (Å²) < 4.78 is 49.9. The van der Waals surface area contributed by atoms with Crippen molar-refractivity contribution in [1.82, 2.24) is 4.31 Å². The van der Waals surface area contributed by atoms with Gasteiger partial charge in [-0.1, -0.05) is 55.1 Å². The summed E-state index contributed by atoms with van der Waals surface area (Å²) >= 11 is 0. The summed E-state index contributed by atoms with van der Waals surface area (Å²) in [5.74, 6) is -0.264. The van der Waals surface area contributed by atoms with Crippen molar-refractivity contribution >= 4 is 16.0 Å². The molecule has 1 N–H and O–H groups in total. The average molecular weight is 606 g/mol. The number of hydrogen-bond acceptors (Lipinski definition) is 8. The van der Waals surface area contributed by atoms with E-state index in [2.05, 4.69) is 36.9 Å². The summed E-state index contributed by atoms with van der Waals surface area (Å²) in [4.78, 5) is 12.8. The van der Waals surface area contributed by atoms with Crippen LogP contribution in [0, 0.1) is 0 Å². The maximum absolute atomic E-state index is 13.3. The van der Waals surface area contributed by atoms with Crippen LogP contribution in [0.2, 0.25) is 0 Å². The number of allylic oxidation sites excluding steroid dienone is 1. The van der Waals surface area contributed by atoms with Crippen molar-refractivity contribution in [3.63, 3.8) is 0 Å². The highest BCUT2D eigenvalue weighted by atomic mass is 32.2. The zero-order valence-electron chi connectivity index (χ0n) is 24.0. The minimum absolute atomic E-state index is 0.0265. The van der Waals surface area contributed by atoms with Gasteiger partial charge in [-0.15, -0.1) is 0 Å². The van der Waals surface area contributed by atoms with Crippen molar-refractivity contribution in [2.24, 2.45) is 0 Å². The Labute approximate surface area is 252 Å². The van der Waals surface area contributed by atoms with Gasteiger partial charge >= 0.3 is 5.97 Å². The average Bonchev–Trinajstić information content (AvgIpc) is 3.41. The highest BCUT2D eigenvalue weighted by Crippen LogP contribution is 2.40. The van der Waals surface area contributed by atoms with E-state index in [-0.39, 0.29) is 49.5 Å². The topological polar surface area (TPSA) is 112 Å². The summed E-state index contributed by atoms with van der Waals surface area (Å²) in [6, 6.07) is 20.7. The fourth-order valence-electron chi connectivity index (χ4n) is 5.39. The Morgan fingerprint density at radius 1 is 1.07 bits per heavy atom. The summed E-state index contributed by atoms with van der Waals surface area (Å²) in [5, 5.41) is 9.57. The fourth-order valence-corrected chi connectivity index (χ4v) is 6.80. The molecule has 3 aromatic carbocycles. The molecule has 0 saturated heterocycles. The molecule has 5 rings (SSSR count). The zero-order valence-corrected chi connectivity index (χ0v) is 24.8. The molecule has 2 atom stereocenters. The number of aliphatic hydroxyl groups is 1. The van der Waals surface area contributed by atoms with Crippen LogP contribution in [-0.4, -0.2) is 70.1 Å². The number of benzene rings is 3. The zero-order chi connectivity index (χ0) is 30.4. The number of ether oxygens (including phenoxy) is 4. The van der Waals surface area contributed by atoms with Crippen LogP contribution in [0.3, 0.4) is 0 Å². The number of carbonyl (C=O) groups excluding carboxylic acids is 1. The molecular formula is C33H35NO8S. The second-order valence-corrected chi connectivity index (χ2v) is 12.2. The predicted octanol–water partition coefficient (Wildman–Crippen LogP) is 4.41. The molecular weight excluding hydrogens is 570 g/mol. The third-order valence-electron chi connectivity index (χ3n) is 7.53. The van der Waals surface area contributed by atoms with Crippen LogP contribution in [0.5, 0.6) is 5.75 Å². The van der Waals surface area contributed by atoms with Gasteiger partial charge in [0.15, 0.2) is 0 Å². The number of carbonyl (C=O) groups is 1. The molecule has 43 heavy (non-hydrogen) atoms. The van der Waals surface area contributed by atoms with Crippen molar-refractivity contribution in [1.29, 1.82) is 0 Å². The summed E-state index contributed by atoms with van der Waals surface area (Å²) in [5.41, 5.74) is 5.95. The molecule has 10 heteroatoms. The van der Waals surface area contributed by atoms with Crippen molar-refractivity contribution < 1.29 is 37.3 Å². The van der Waals surface area contributed by atoms with Crippen LogP contribution in [0.4, 0.5) is 0 Å². The molecule has 0 spiro atoms. The molecule has 0 saturated carbocycles. The number of sulfonamides is 1. The third-order valence-corrected chi connectivity index (χ3v) is 9.44. The summed E-state index contributed by atoms with van der Waals surface area (Å²) in [7, 11) is -2.41. The maximum atomic E-state index is 13.3. The molecule has 226 valence electrons. The number of hydrogen-bond donors (Lipinski definition) is 1. The first-order valence-corrected chi connectivity index (χ1v) is 15.5. The Morgan fingerprint density at radius 3 is 2.58 bits per heavy atom. The van der Waals surface area contributed by atoms with Gasteiger partial charge in [0.1, 0.15) is 12.4 Å². The number of rotatable bonds is 13. The first kappa shape index (κ1) is 30.5. The first-order valence-electron chi connectivity index (χ1n) is 14.1. The number of fused-ring (bicyclic) bond motifs is 3. The SMILES string of the molecule is C=CCOC(=O)C1=C[C@@H](c2ccc3c(c2)Cc2ccccc2-3)C[C@@H](OCCN(CCO)S(=O)(=O)c2ccc(OC)cc2)O1. The molecule has 0 amide bonds. The molecule has 0 fully saturated rings. The lowest BCUT2D eigenvalue weighted by molar-refractivity contribution is -0.160. The van der Waals surface area contributed by atoms with Crippen LogP contribution in [0.15, 0.2) is 96.1 Å². The lowest BCUT2D eigenvalue weighted by Gasteiger charge is -2.30. The number of methoxy groups -OCH3 is 1. The lowest BCUT2D eigenvalue weighted by Crippen LogP contribution is -2.37. The van der Waals surface area contributed by atoms with E-state index in [9.17, 15) is 18.3 Å². The van der Waals surface area contributed by atoms with E-state index in [1.165, 1.54) is 47.6 Å². The molecule has 3 aromatic rings. The second-order valence-electron chi connectivity index (χ2n) is 10.2. The van der Waals surface area contributed by atoms with Crippen molar-refractivity contribution in [3.05, 3.63) is 108 Å². The molecule has 9 nitrogen and oxygen atoms in total. The van der Waals surface area contributed by atoms with Gasteiger partial charge in [-0.25, -0.2) is 13.2 Å². The van der Waals surface area contributed by atoms with Crippen molar-refractivity contribution in [3.8, 4) is 16.9 Å². The Hall–Kier alpha value is -3.96. The van der Waals surface area contributed by atoms with E-state index in [4.69, 9.17) is 18.9 Å². The van der Waals surface area contributed by atoms with E-state index in [0.29, 0.717) is 12.2 Å². The third kappa shape index (κ3) is 6.83. The van der Waals surface area contributed by atoms with Gasteiger partial charge < -0.3 is 24.1 Å². The van der Waals surface area contributed by atoms with Crippen LogP contribution in [0.1, 0.15) is 29.0 Å². The van der Waals surface area contributed by atoms with Gasteiger partial charge in [0, 0.05) is 25.4 Å². The molecule has 0 radical (unpaired) electrons. The van der Waals surface area contributed by atoms with E-state index < -0.39 is 22.3 Å². The Bertz CT molecular complexity index is 1600. The molecule has 2 aliphatic rings. The maximum Gasteiger partial charge on any atom is 0.373 e. The van der Waals surface area contributed by atoms with Gasteiger partial charge in [0.25, 0.3) is 0 Å². The van der Waals surface area contributed by atoms with Crippen LogP contribution < -0.4 is 4.74 Å². The quantitative estimate of drug-likeness (QED) is 0.176. The highest BCUT2D eigenvalue weighted by Gasteiger charge is 2.31. The van der Waals surface area contributed by atoms with Gasteiger partial charge in [-0.2, -0.15) is 4.31 Å². The fraction of sp³-hybridized carbons (Fsp3) is 0.303. The standard InChI is InChI=1S/C33H35NO8S/c1-3-17-41-33(36)31-21-25(23-8-13-30-26(19-23)20-24-6-4-5-7-29(24)30)22-32(42-31)40-18-15-34(14-16-35)43(37,38)28-11-9-27(39-2)10-12-28/h3-13,19,21,25,32,35H,1,14-18,20,22H2,2H3/t25-,32+/m1/s1. The van der Waals surface area contributed by atoms with E-state index >= 15 is 0 Å². The van der Waals surface area contributed by atoms with Crippen LogP contribution in [0.25, 0.3) is 11.1 Å². The van der Waals surface area contributed by atoms with Crippen LogP contribution >= 0.6 is 0 Å². The van der Waals surface area contributed by atoms with Crippen molar-refractivity contribution in [2.75, 3.05) is 40.0 Å². The monoisotopic (exact) mass is 605 g/mol. The Balaban J connectivity index is 1.31. The Kier molecular flexibility index (Phi) is 9.62. The minimum Gasteiger partial charge on any atom is -0.497 e. The lowest BCUT2D eigenvalue weighted by atomic mass is 9.90. The Morgan fingerprint density at radius 2 is 1.84 bits per heavy atom. The van der Waals surface area contributed by atoms with E-state index in [1.54, 1.807) is 18.2 Å². The smallest absolute Gasteiger partial charge is 0.373 e.